The van der Waals surface area contributed by atoms with Crippen molar-refractivity contribution in [2.75, 3.05) is 0 Å². The zero-order valence-corrected chi connectivity index (χ0v) is 11.9. The molecule has 2 aromatic rings. The lowest BCUT2D eigenvalue weighted by Gasteiger charge is -2.27. The Morgan fingerprint density at radius 3 is 2.20 bits per heavy atom. The highest BCUT2D eigenvalue weighted by molar-refractivity contribution is 6.35. The van der Waals surface area contributed by atoms with Gasteiger partial charge in [-0.25, -0.2) is 13.2 Å². The molecule has 0 amide bonds. The largest absolute Gasteiger partial charge is 0.318 e. The van der Waals surface area contributed by atoms with Crippen LogP contribution in [0.25, 0.3) is 0 Å². The van der Waals surface area contributed by atoms with Gasteiger partial charge in [-0.15, -0.1) is 0 Å². The summed E-state index contributed by atoms with van der Waals surface area (Å²) < 4.78 is 40.7. The van der Waals surface area contributed by atoms with Crippen molar-refractivity contribution >= 4 is 23.2 Å². The minimum atomic E-state index is -1.51. The molecule has 0 bridgehead atoms. The molecule has 6 heteroatoms. The van der Waals surface area contributed by atoms with Gasteiger partial charge in [0.1, 0.15) is 17.5 Å². The summed E-state index contributed by atoms with van der Waals surface area (Å²) in [6.45, 7) is 1.42. The van der Waals surface area contributed by atoms with Crippen LogP contribution in [0.15, 0.2) is 30.3 Å². The molecule has 0 spiro atoms. The second-order valence-corrected chi connectivity index (χ2v) is 5.39. The lowest BCUT2D eigenvalue weighted by molar-refractivity contribution is 0.515. The van der Waals surface area contributed by atoms with Gasteiger partial charge in [-0.05, 0) is 42.8 Å². The van der Waals surface area contributed by atoms with Crippen molar-refractivity contribution in [2.45, 2.75) is 12.5 Å². The predicted molar refractivity (Wildman–Crippen MR) is 73.4 cm³/mol. The maximum absolute atomic E-state index is 13.9. The van der Waals surface area contributed by atoms with E-state index in [-0.39, 0.29) is 21.2 Å². The number of benzene rings is 2. The third-order valence-corrected chi connectivity index (χ3v) is 3.66. The van der Waals surface area contributed by atoms with Crippen LogP contribution in [0.2, 0.25) is 10.0 Å². The topological polar surface area (TPSA) is 26.0 Å². The zero-order chi connectivity index (χ0) is 15.1. The Balaban J connectivity index is 2.66. The SMILES string of the molecule is CC(N)(c1cc(F)ccc1F)c1cc(F)c(Cl)cc1Cl. The summed E-state index contributed by atoms with van der Waals surface area (Å²) in [6, 6.07) is 5.08. The van der Waals surface area contributed by atoms with Crippen LogP contribution in [0.5, 0.6) is 0 Å². The van der Waals surface area contributed by atoms with E-state index in [1.807, 2.05) is 0 Å². The van der Waals surface area contributed by atoms with Crippen LogP contribution in [0, 0.1) is 17.5 Å². The number of halogens is 5. The molecule has 0 fully saturated rings. The Hall–Kier alpha value is -1.23. The van der Waals surface area contributed by atoms with Crippen LogP contribution in [0.3, 0.4) is 0 Å². The highest BCUT2D eigenvalue weighted by atomic mass is 35.5. The van der Waals surface area contributed by atoms with Crippen LogP contribution in [-0.4, -0.2) is 0 Å². The number of nitrogens with two attached hydrogens (primary N) is 1. The molecule has 106 valence electrons. The second kappa shape index (κ2) is 5.28. The Labute approximate surface area is 124 Å². The Morgan fingerprint density at radius 1 is 0.900 bits per heavy atom. The fraction of sp³-hybridized carbons (Fsp3) is 0.143. The van der Waals surface area contributed by atoms with Gasteiger partial charge in [-0.2, -0.15) is 0 Å². The minimum Gasteiger partial charge on any atom is -0.318 e. The van der Waals surface area contributed by atoms with Crippen molar-refractivity contribution in [3.05, 3.63) is 69.0 Å². The van der Waals surface area contributed by atoms with Crippen LogP contribution < -0.4 is 5.73 Å². The minimum absolute atomic E-state index is 0.0741. The number of hydrogen-bond donors (Lipinski definition) is 1. The smallest absolute Gasteiger partial charge is 0.142 e. The van der Waals surface area contributed by atoms with Crippen molar-refractivity contribution in [1.29, 1.82) is 0 Å². The van der Waals surface area contributed by atoms with E-state index in [1.54, 1.807) is 0 Å². The molecule has 0 aromatic heterocycles. The van der Waals surface area contributed by atoms with Crippen molar-refractivity contribution in [1.82, 2.24) is 0 Å². The molecule has 1 unspecified atom stereocenters. The fourth-order valence-corrected chi connectivity index (χ4v) is 2.54. The Kier molecular flexibility index (Phi) is 4.00. The summed E-state index contributed by atoms with van der Waals surface area (Å²) in [5, 5.41) is -0.0978. The average molecular weight is 320 g/mol. The molecule has 2 N–H and O–H groups in total. The molecule has 0 saturated carbocycles. The summed E-state index contributed by atoms with van der Waals surface area (Å²) in [7, 11) is 0. The maximum Gasteiger partial charge on any atom is 0.142 e. The van der Waals surface area contributed by atoms with E-state index in [2.05, 4.69) is 0 Å². The highest BCUT2D eigenvalue weighted by Gasteiger charge is 2.30. The van der Waals surface area contributed by atoms with E-state index in [4.69, 9.17) is 28.9 Å². The first-order chi connectivity index (χ1) is 9.23. The number of rotatable bonds is 2. The summed E-state index contributed by atoms with van der Waals surface area (Å²) >= 11 is 11.6. The quantitative estimate of drug-likeness (QED) is 0.802. The molecule has 1 nitrogen and oxygen atoms in total. The number of hydrogen-bond acceptors (Lipinski definition) is 1. The van der Waals surface area contributed by atoms with Gasteiger partial charge in [0.15, 0.2) is 0 Å². The van der Waals surface area contributed by atoms with Gasteiger partial charge in [-0.1, -0.05) is 23.2 Å². The maximum atomic E-state index is 13.9. The molecule has 0 aliphatic rings. The van der Waals surface area contributed by atoms with Crippen molar-refractivity contribution in [3.8, 4) is 0 Å². The fourth-order valence-electron chi connectivity index (χ4n) is 1.96. The first kappa shape index (κ1) is 15.2. The molecular weight excluding hydrogens is 310 g/mol. The molecule has 2 rings (SSSR count). The van der Waals surface area contributed by atoms with E-state index < -0.39 is 23.0 Å². The molecule has 0 heterocycles. The average Bonchev–Trinajstić information content (AvgIpc) is 2.36. The summed E-state index contributed by atoms with van der Waals surface area (Å²) in [5.41, 5.74) is 4.54. The first-order valence-electron chi connectivity index (χ1n) is 5.63. The molecule has 0 aliphatic heterocycles. The van der Waals surface area contributed by atoms with Crippen LogP contribution in [-0.2, 0) is 5.54 Å². The standard InChI is InChI=1S/C14H10Cl2F3N/c1-14(20,9-4-7(17)2-3-12(9)18)8-5-13(19)11(16)6-10(8)15/h2-6H,20H2,1H3. The molecule has 0 aliphatic carbocycles. The second-order valence-electron chi connectivity index (χ2n) is 4.57. The van der Waals surface area contributed by atoms with Crippen molar-refractivity contribution in [3.63, 3.8) is 0 Å². The summed E-state index contributed by atoms with van der Waals surface area (Å²) in [4.78, 5) is 0. The summed E-state index contributed by atoms with van der Waals surface area (Å²) in [6.07, 6.45) is 0. The zero-order valence-electron chi connectivity index (χ0n) is 10.4. The van der Waals surface area contributed by atoms with E-state index in [9.17, 15) is 13.2 Å². The van der Waals surface area contributed by atoms with E-state index in [0.717, 1.165) is 24.3 Å². The molecular formula is C14H10Cl2F3N. The Morgan fingerprint density at radius 2 is 1.55 bits per heavy atom. The first-order valence-corrected chi connectivity index (χ1v) is 6.38. The van der Waals surface area contributed by atoms with E-state index >= 15 is 0 Å². The van der Waals surface area contributed by atoms with Gasteiger partial charge in [0.05, 0.1) is 10.6 Å². The van der Waals surface area contributed by atoms with Gasteiger partial charge in [0, 0.05) is 10.6 Å². The molecule has 1 atom stereocenters. The van der Waals surface area contributed by atoms with Gasteiger partial charge in [0.2, 0.25) is 0 Å². The molecule has 0 radical (unpaired) electrons. The van der Waals surface area contributed by atoms with Gasteiger partial charge < -0.3 is 5.73 Å². The van der Waals surface area contributed by atoms with Gasteiger partial charge >= 0.3 is 0 Å². The lowest BCUT2D eigenvalue weighted by Crippen LogP contribution is -2.36. The van der Waals surface area contributed by atoms with E-state index in [0.29, 0.717) is 0 Å². The lowest BCUT2D eigenvalue weighted by atomic mass is 9.85. The van der Waals surface area contributed by atoms with E-state index in [1.165, 1.54) is 13.0 Å². The molecule has 20 heavy (non-hydrogen) atoms. The third-order valence-electron chi connectivity index (χ3n) is 3.06. The van der Waals surface area contributed by atoms with Crippen LogP contribution in [0.4, 0.5) is 13.2 Å². The molecule has 0 saturated heterocycles. The highest BCUT2D eigenvalue weighted by Crippen LogP contribution is 2.36. The normalized spacial score (nSPS) is 14.2. The predicted octanol–water partition coefficient (Wildman–Crippen LogP) is 4.63. The third kappa shape index (κ3) is 2.64. The van der Waals surface area contributed by atoms with Crippen molar-refractivity contribution < 1.29 is 13.2 Å². The van der Waals surface area contributed by atoms with Crippen LogP contribution in [0.1, 0.15) is 18.1 Å². The molecule has 2 aromatic carbocycles. The van der Waals surface area contributed by atoms with Gasteiger partial charge in [-0.3, -0.25) is 0 Å². The van der Waals surface area contributed by atoms with Crippen LogP contribution >= 0.6 is 23.2 Å². The summed E-state index contributed by atoms with van der Waals surface area (Å²) in [5.74, 6) is -2.09. The monoisotopic (exact) mass is 319 g/mol. The van der Waals surface area contributed by atoms with Gasteiger partial charge in [0.25, 0.3) is 0 Å². The van der Waals surface area contributed by atoms with Crippen molar-refractivity contribution in [2.24, 2.45) is 5.73 Å². The Bertz CT molecular complexity index is 672.